The molecule has 2 N–H and O–H groups in total. The average molecular weight is 608 g/mol. The highest BCUT2D eigenvalue weighted by atomic mass is 32.1. The Hall–Kier alpha value is -2.99. The third kappa shape index (κ3) is 7.06. The molecule has 11 heteroatoms. The minimum absolute atomic E-state index is 0.0980. The number of rotatable bonds is 8. The predicted octanol–water partition coefficient (Wildman–Crippen LogP) is 3.51. The molecule has 1 amide bonds. The molecule has 2 aromatic heterocycles. The number of aliphatic hydroxyl groups is 1. The van der Waals surface area contributed by atoms with Crippen molar-refractivity contribution in [3.05, 3.63) is 41.5 Å². The van der Waals surface area contributed by atoms with Crippen molar-refractivity contribution in [3.63, 3.8) is 0 Å². The number of carbonyl (C=O) groups is 1. The second kappa shape index (κ2) is 13.8. The molecule has 6 rings (SSSR count). The molecule has 1 atom stereocenters. The van der Waals surface area contributed by atoms with E-state index in [0.29, 0.717) is 6.42 Å². The maximum atomic E-state index is 13.5. The van der Waals surface area contributed by atoms with Crippen LogP contribution in [0.3, 0.4) is 0 Å². The fourth-order valence-corrected chi connectivity index (χ4v) is 7.65. The number of pyridine rings is 1. The summed E-state index contributed by atoms with van der Waals surface area (Å²) in [7, 11) is 3.86. The molecule has 10 nitrogen and oxygen atoms in total. The lowest BCUT2D eigenvalue weighted by Gasteiger charge is -2.32. The predicted molar refractivity (Wildman–Crippen MR) is 172 cm³/mol. The maximum Gasteiger partial charge on any atom is 0.222 e. The molecule has 3 aromatic rings. The third-order valence-electron chi connectivity index (χ3n) is 9.27. The molecule has 3 aliphatic heterocycles. The molecule has 3 aliphatic rings. The Morgan fingerprint density at radius 3 is 2.65 bits per heavy atom. The minimum Gasteiger partial charge on any atom is -0.494 e. The van der Waals surface area contributed by atoms with E-state index < -0.39 is 0 Å². The van der Waals surface area contributed by atoms with Crippen LogP contribution in [0.2, 0.25) is 0 Å². The van der Waals surface area contributed by atoms with Crippen LogP contribution in [0.15, 0.2) is 35.8 Å². The molecule has 3 saturated heterocycles. The van der Waals surface area contributed by atoms with Crippen LogP contribution in [0.5, 0.6) is 5.75 Å². The number of aromatic nitrogens is 2. The molecule has 0 radical (unpaired) electrons. The first-order chi connectivity index (χ1) is 21.0. The van der Waals surface area contributed by atoms with Gasteiger partial charge in [0.2, 0.25) is 5.91 Å². The van der Waals surface area contributed by atoms with Gasteiger partial charge in [0.05, 0.1) is 30.5 Å². The van der Waals surface area contributed by atoms with Gasteiger partial charge in [-0.05, 0) is 70.4 Å². The number of anilines is 2. The highest BCUT2D eigenvalue weighted by Crippen LogP contribution is 2.37. The summed E-state index contributed by atoms with van der Waals surface area (Å²) in [4.78, 5) is 32.8. The van der Waals surface area contributed by atoms with Crippen molar-refractivity contribution in [2.45, 2.75) is 56.7 Å². The topological polar surface area (TPSA) is 97.3 Å². The Morgan fingerprint density at radius 1 is 1.05 bits per heavy atom. The normalized spacial score (nSPS) is 20.7. The molecule has 232 valence electrons. The first-order valence-corrected chi connectivity index (χ1v) is 16.6. The molecule has 0 bridgehead atoms. The number of aliphatic hydroxyl groups excluding tert-OH is 1. The number of nitrogens with zero attached hydrogens (tertiary/aromatic N) is 6. The lowest BCUT2D eigenvalue weighted by atomic mass is 10.0. The van der Waals surface area contributed by atoms with Crippen LogP contribution in [0, 0.1) is 0 Å². The lowest BCUT2D eigenvalue weighted by molar-refractivity contribution is -0.123. The first kappa shape index (κ1) is 30.1. The number of fused-ring (bicyclic) bond motifs is 1. The third-order valence-corrected chi connectivity index (χ3v) is 10.2. The molecule has 1 aromatic carbocycles. The van der Waals surface area contributed by atoms with Gasteiger partial charge in [0.25, 0.3) is 0 Å². The standard InChI is InChI=1S/C32H45N7O3S/c1-36-15-8-24(9-16-36)34-29(41)21-27(26-22-43-32(35-26)39-17-10-25(40)11-18-39)37-13-4-14-38(20-19-37)31-28(42-2)7-6-23-5-3-12-33-30(23)31/h3,5-7,12,22,24-25,27,40H,4,8-11,13-21H2,1-2H3,(H,34,41). The van der Waals surface area contributed by atoms with Crippen molar-refractivity contribution in [3.8, 4) is 5.75 Å². The first-order valence-electron chi connectivity index (χ1n) is 15.8. The monoisotopic (exact) mass is 607 g/mol. The number of hydrogen-bond donors (Lipinski definition) is 2. The van der Waals surface area contributed by atoms with Crippen molar-refractivity contribution in [1.29, 1.82) is 0 Å². The highest BCUT2D eigenvalue weighted by molar-refractivity contribution is 7.13. The number of hydrogen-bond acceptors (Lipinski definition) is 10. The Bertz CT molecular complexity index is 1370. The lowest BCUT2D eigenvalue weighted by Crippen LogP contribution is -2.44. The van der Waals surface area contributed by atoms with Gasteiger partial charge in [-0.2, -0.15) is 0 Å². The van der Waals surface area contributed by atoms with Gasteiger partial charge in [-0.3, -0.25) is 14.7 Å². The Kier molecular flexibility index (Phi) is 9.61. The van der Waals surface area contributed by atoms with Gasteiger partial charge in [0.1, 0.15) is 11.4 Å². The van der Waals surface area contributed by atoms with Gasteiger partial charge in [-0.1, -0.05) is 6.07 Å². The fraction of sp³-hybridized carbons (Fsp3) is 0.594. The molecule has 3 fully saturated rings. The average Bonchev–Trinajstić information content (AvgIpc) is 3.39. The van der Waals surface area contributed by atoms with Crippen molar-refractivity contribution in [2.75, 3.05) is 76.3 Å². The second-order valence-electron chi connectivity index (χ2n) is 12.2. The molecule has 5 heterocycles. The van der Waals surface area contributed by atoms with Crippen molar-refractivity contribution >= 4 is 39.0 Å². The van der Waals surface area contributed by atoms with Gasteiger partial charge in [-0.15, -0.1) is 11.3 Å². The van der Waals surface area contributed by atoms with Crippen LogP contribution in [0.25, 0.3) is 10.9 Å². The minimum atomic E-state index is -0.220. The summed E-state index contributed by atoms with van der Waals surface area (Å²) >= 11 is 1.66. The Morgan fingerprint density at radius 2 is 1.86 bits per heavy atom. The van der Waals surface area contributed by atoms with E-state index in [1.807, 2.05) is 18.3 Å². The van der Waals surface area contributed by atoms with E-state index >= 15 is 0 Å². The number of piperidine rings is 2. The molecular weight excluding hydrogens is 562 g/mol. The summed E-state index contributed by atoms with van der Waals surface area (Å²) < 4.78 is 5.81. The Labute approximate surface area is 258 Å². The number of amides is 1. The van der Waals surface area contributed by atoms with Crippen LogP contribution < -0.4 is 19.9 Å². The zero-order valence-corrected chi connectivity index (χ0v) is 26.3. The summed E-state index contributed by atoms with van der Waals surface area (Å²) in [5.74, 6) is 0.945. The molecule has 1 unspecified atom stereocenters. The van der Waals surface area contributed by atoms with Crippen LogP contribution in [-0.2, 0) is 4.79 Å². The number of ether oxygens (including phenoxy) is 1. The van der Waals surface area contributed by atoms with Crippen molar-refractivity contribution in [2.24, 2.45) is 0 Å². The summed E-state index contributed by atoms with van der Waals surface area (Å²) in [6, 6.07) is 8.31. The van der Waals surface area contributed by atoms with Crippen LogP contribution >= 0.6 is 11.3 Å². The van der Waals surface area contributed by atoms with Crippen LogP contribution in [0.4, 0.5) is 10.8 Å². The second-order valence-corrected chi connectivity index (χ2v) is 13.0. The molecule has 0 saturated carbocycles. The number of thiazole rings is 1. The van der Waals surface area contributed by atoms with E-state index in [1.165, 1.54) is 0 Å². The zero-order valence-electron chi connectivity index (χ0n) is 25.5. The van der Waals surface area contributed by atoms with Gasteiger partial charge < -0.3 is 29.9 Å². The molecule has 0 spiro atoms. The number of methoxy groups -OCH3 is 1. The number of likely N-dealkylation sites (tertiary alicyclic amines) is 1. The van der Waals surface area contributed by atoms with Crippen molar-refractivity contribution in [1.82, 2.24) is 25.1 Å². The largest absolute Gasteiger partial charge is 0.494 e. The summed E-state index contributed by atoms with van der Waals surface area (Å²) in [5, 5.41) is 17.6. The van der Waals surface area contributed by atoms with Crippen LogP contribution in [0.1, 0.15) is 50.3 Å². The van der Waals surface area contributed by atoms with Crippen molar-refractivity contribution < 1.29 is 14.6 Å². The fourth-order valence-electron chi connectivity index (χ4n) is 6.72. The van der Waals surface area contributed by atoms with Gasteiger partial charge in [-0.25, -0.2) is 4.98 Å². The molecule has 0 aliphatic carbocycles. The number of carbonyl (C=O) groups excluding carboxylic acids is 1. The Balaban J connectivity index is 1.21. The maximum absolute atomic E-state index is 13.5. The van der Waals surface area contributed by atoms with E-state index in [9.17, 15) is 9.90 Å². The van der Waals surface area contributed by atoms with Gasteiger partial charge >= 0.3 is 0 Å². The molecule has 43 heavy (non-hydrogen) atoms. The number of benzene rings is 1. The van der Waals surface area contributed by atoms with Gasteiger partial charge in [0.15, 0.2) is 5.13 Å². The van der Waals surface area contributed by atoms with E-state index in [2.05, 4.69) is 49.5 Å². The summed E-state index contributed by atoms with van der Waals surface area (Å²) in [6.07, 6.45) is 6.51. The zero-order chi connectivity index (χ0) is 29.8. The van der Waals surface area contributed by atoms with Crippen LogP contribution in [-0.4, -0.2) is 109 Å². The SMILES string of the molecule is COc1ccc2cccnc2c1N1CCCN(C(CC(=O)NC2CCN(C)CC2)c2csc(N3CCC(O)CC3)n2)CC1. The highest BCUT2D eigenvalue weighted by Gasteiger charge is 2.31. The molecular formula is C32H45N7O3S. The van der Waals surface area contributed by atoms with E-state index in [1.54, 1.807) is 18.4 Å². The summed E-state index contributed by atoms with van der Waals surface area (Å²) in [5.41, 5.74) is 2.98. The number of nitrogens with one attached hydrogen (secondary N) is 1. The van der Waals surface area contributed by atoms with E-state index in [-0.39, 0.29) is 24.1 Å². The quantitative estimate of drug-likeness (QED) is 0.399. The van der Waals surface area contributed by atoms with E-state index in [0.717, 1.165) is 118 Å². The smallest absolute Gasteiger partial charge is 0.222 e. The summed E-state index contributed by atoms with van der Waals surface area (Å²) in [6.45, 7) is 7.04. The van der Waals surface area contributed by atoms with E-state index in [4.69, 9.17) is 14.7 Å². The van der Waals surface area contributed by atoms with Gasteiger partial charge in [0, 0.05) is 68.7 Å².